The van der Waals surface area contributed by atoms with Crippen LogP contribution in [0.2, 0.25) is 0 Å². The SMILES string of the molecule is CCc1cc(-c2ccncc2)cc(CC)c1Nc1cccc(CN2CCCN(C)CC2)c1C(=O)O. The number of carboxylic acid groups (broad SMARTS) is 1. The summed E-state index contributed by atoms with van der Waals surface area (Å²) in [6, 6.07) is 14.3. The van der Waals surface area contributed by atoms with Crippen molar-refractivity contribution >= 4 is 17.3 Å². The molecular formula is C29H36N4O2. The summed E-state index contributed by atoms with van der Waals surface area (Å²) in [5, 5.41) is 13.8. The lowest BCUT2D eigenvalue weighted by Crippen LogP contribution is -2.29. The second-order valence-corrected chi connectivity index (χ2v) is 9.32. The van der Waals surface area contributed by atoms with Crippen molar-refractivity contribution < 1.29 is 9.90 Å². The normalized spacial score (nSPS) is 15.1. The third kappa shape index (κ3) is 5.89. The molecule has 0 aliphatic carbocycles. The van der Waals surface area contributed by atoms with E-state index in [1.165, 1.54) is 11.1 Å². The van der Waals surface area contributed by atoms with Crippen molar-refractivity contribution in [2.45, 2.75) is 39.7 Å². The Kier molecular flexibility index (Phi) is 8.16. The number of nitrogens with zero attached hydrogens (tertiary/aromatic N) is 3. The molecule has 2 aromatic carbocycles. The molecule has 1 fully saturated rings. The summed E-state index contributed by atoms with van der Waals surface area (Å²) in [7, 11) is 2.15. The number of pyridine rings is 1. The molecule has 0 radical (unpaired) electrons. The third-order valence-electron chi connectivity index (χ3n) is 6.91. The smallest absolute Gasteiger partial charge is 0.338 e. The minimum absolute atomic E-state index is 0.368. The maximum Gasteiger partial charge on any atom is 0.338 e. The highest BCUT2D eigenvalue weighted by Gasteiger charge is 2.21. The molecule has 4 rings (SSSR count). The van der Waals surface area contributed by atoms with E-state index in [1.807, 2.05) is 42.7 Å². The predicted molar refractivity (Wildman–Crippen MR) is 143 cm³/mol. The summed E-state index contributed by atoms with van der Waals surface area (Å²) in [6.07, 6.45) is 6.41. The third-order valence-corrected chi connectivity index (χ3v) is 6.91. The molecule has 6 nitrogen and oxygen atoms in total. The molecule has 1 aromatic heterocycles. The van der Waals surface area contributed by atoms with E-state index in [2.05, 4.69) is 53.1 Å². The van der Waals surface area contributed by atoms with Gasteiger partial charge < -0.3 is 15.3 Å². The number of aryl methyl sites for hydroxylation is 2. The first kappa shape index (κ1) is 24.9. The van der Waals surface area contributed by atoms with Crippen LogP contribution in [0.4, 0.5) is 11.4 Å². The van der Waals surface area contributed by atoms with Crippen LogP contribution in [0, 0.1) is 0 Å². The fraction of sp³-hybridized carbons (Fsp3) is 0.379. The summed E-state index contributed by atoms with van der Waals surface area (Å²) < 4.78 is 0. The second-order valence-electron chi connectivity index (χ2n) is 9.32. The van der Waals surface area contributed by atoms with E-state index in [4.69, 9.17) is 0 Å². The van der Waals surface area contributed by atoms with E-state index >= 15 is 0 Å². The molecule has 1 aliphatic rings. The Hall–Kier alpha value is -3.22. The van der Waals surface area contributed by atoms with Crippen LogP contribution in [-0.4, -0.2) is 59.1 Å². The first-order valence-corrected chi connectivity index (χ1v) is 12.6. The fourth-order valence-electron chi connectivity index (χ4n) is 4.92. The van der Waals surface area contributed by atoms with Gasteiger partial charge in [0.25, 0.3) is 0 Å². The van der Waals surface area contributed by atoms with E-state index < -0.39 is 5.97 Å². The van der Waals surface area contributed by atoms with Gasteiger partial charge in [-0.2, -0.15) is 0 Å². The average Bonchev–Trinajstić information content (AvgIpc) is 3.08. The number of anilines is 2. The number of aromatic nitrogens is 1. The van der Waals surface area contributed by atoms with Crippen LogP contribution in [0.25, 0.3) is 11.1 Å². The fourth-order valence-corrected chi connectivity index (χ4v) is 4.92. The molecule has 3 aromatic rings. The van der Waals surface area contributed by atoms with Gasteiger partial charge in [0.05, 0.1) is 11.3 Å². The Morgan fingerprint density at radius 1 is 0.943 bits per heavy atom. The molecule has 2 N–H and O–H groups in total. The molecule has 184 valence electrons. The van der Waals surface area contributed by atoms with E-state index in [1.54, 1.807) is 0 Å². The number of likely N-dealkylation sites (N-methyl/N-ethyl adjacent to an activating group) is 1. The summed E-state index contributed by atoms with van der Waals surface area (Å²) in [5.74, 6) is -0.889. The first-order chi connectivity index (χ1) is 17.0. The van der Waals surface area contributed by atoms with Crippen LogP contribution < -0.4 is 5.32 Å². The van der Waals surface area contributed by atoms with Gasteiger partial charge in [0.15, 0.2) is 0 Å². The zero-order chi connectivity index (χ0) is 24.8. The average molecular weight is 473 g/mol. The molecule has 2 heterocycles. The van der Waals surface area contributed by atoms with Crippen molar-refractivity contribution in [1.82, 2.24) is 14.8 Å². The number of benzene rings is 2. The number of hydrogen-bond donors (Lipinski definition) is 2. The molecule has 1 saturated heterocycles. The molecular weight excluding hydrogens is 436 g/mol. The topological polar surface area (TPSA) is 68.7 Å². The first-order valence-electron chi connectivity index (χ1n) is 12.6. The lowest BCUT2D eigenvalue weighted by Gasteiger charge is -2.23. The number of carboxylic acids is 1. The van der Waals surface area contributed by atoms with Gasteiger partial charge >= 0.3 is 5.97 Å². The minimum atomic E-state index is -0.889. The van der Waals surface area contributed by atoms with Crippen LogP contribution in [0.5, 0.6) is 0 Å². The Balaban J connectivity index is 1.69. The monoisotopic (exact) mass is 472 g/mol. The number of carbonyl (C=O) groups is 1. The van der Waals surface area contributed by atoms with E-state index in [-0.39, 0.29) is 0 Å². The standard InChI is InChI=1S/C29H36N4O2/c1-4-21-18-25(23-10-12-30-13-11-23)19-22(5-2)28(21)31-26-9-6-8-24(27(26)29(34)35)20-33-15-7-14-32(3)16-17-33/h6,8-13,18-19,31H,4-5,7,14-17,20H2,1-3H3,(H,34,35). The van der Waals surface area contributed by atoms with Crippen molar-refractivity contribution in [1.29, 1.82) is 0 Å². The van der Waals surface area contributed by atoms with Crippen molar-refractivity contribution in [3.8, 4) is 11.1 Å². The zero-order valence-corrected chi connectivity index (χ0v) is 21.1. The Morgan fingerprint density at radius 2 is 1.66 bits per heavy atom. The van der Waals surface area contributed by atoms with Gasteiger partial charge in [0.1, 0.15) is 0 Å². The highest BCUT2D eigenvalue weighted by molar-refractivity contribution is 5.97. The Morgan fingerprint density at radius 3 is 2.31 bits per heavy atom. The number of rotatable bonds is 8. The quantitative estimate of drug-likeness (QED) is 0.454. The Labute approximate surface area is 208 Å². The van der Waals surface area contributed by atoms with Gasteiger partial charge in [-0.25, -0.2) is 4.79 Å². The molecule has 0 bridgehead atoms. The van der Waals surface area contributed by atoms with Crippen molar-refractivity contribution in [2.75, 3.05) is 38.5 Å². The molecule has 35 heavy (non-hydrogen) atoms. The Bertz CT molecular complexity index is 1140. The highest BCUT2D eigenvalue weighted by atomic mass is 16.4. The molecule has 0 unspecified atom stereocenters. The van der Waals surface area contributed by atoms with Crippen molar-refractivity contribution in [3.63, 3.8) is 0 Å². The highest BCUT2D eigenvalue weighted by Crippen LogP contribution is 2.34. The van der Waals surface area contributed by atoms with Gasteiger partial charge in [-0.15, -0.1) is 0 Å². The van der Waals surface area contributed by atoms with Crippen LogP contribution in [0.15, 0.2) is 54.9 Å². The molecule has 0 saturated carbocycles. The molecule has 0 spiro atoms. The van der Waals surface area contributed by atoms with Gasteiger partial charge in [-0.1, -0.05) is 26.0 Å². The molecule has 0 amide bonds. The minimum Gasteiger partial charge on any atom is -0.478 e. The van der Waals surface area contributed by atoms with E-state index in [9.17, 15) is 9.90 Å². The van der Waals surface area contributed by atoms with Gasteiger partial charge in [0, 0.05) is 37.7 Å². The number of aromatic carboxylic acids is 1. The largest absolute Gasteiger partial charge is 0.478 e. The lowest BCUT2D eigenvalue weighted by atomic mass is 9.95. The van der Waals surface area contributed by atoms with E-state index in [0.29, 0.717) is 17.8 Å². The molecule has 6 heteroatoms. The maximum atomic E-state index is 12.5. The van der Waals surface area contributed by atoms with E-state index in [0.717, 1.165) is 67.8 Å². The van der Waals surface area contributed by atoms with Crippen LogP contribution in [-0.2, 0) is 19.4 Å². The summed E-state index contributed by atoms with van der Waals surface area (Å²) in [6.45, 7) is 8.94. The molecule has 1 aliphatic heterocycles. The second kappa shape index (κ2) is 11.5. The number of nitrogens with one attached hydrogen (secondary N) is 1. The zero-order valence-electron chi connectivity index (χ0n) is 21.1. The maximum absolute atomic E-state index is 12.5. The predicted octanol–water partition coefficient (Wildman–Crippen LogP) is 5.45. The van der Waals surface area contributed by atoms with Crippen molar-refractivity contribution in [2.24, 2.45) is 0 Å². The van der Waals surface area contributed by atoms with Crippen molar-refractivity contribution in [3.05, 3.63) is 77.1 Å². The van der Waals surface area contributed by atoms with Gasteiger partial charge in [0.2, 0.25) is 0 Å². The van der Waals surface area contributed by atoms with Gasteiger partial charge in [-0.3, -0.25) is 9.88 Å². The summed E-state index contributed by atoms with van der Waals surface area (Å²) in [4.78, 5) is 21.3. The van der Waals surface area contributed by atoms with Crippen LogP contribution in [0.1, 0.15) is 47.3 Å². The van der Waals surface area contributed by atoms with Gasteiger partial charge in [-0.05, 0) is 97.5 Å². The molecule has 0 atom stereocenters. The van der Waals surface area contributed by atoms with Crippen LogP contribution >= 0.6 is 0 Å². The summed E-state index contributed by atoms with van der Waals surface area (Å²) in [5.41, 5.74) is 7.54. The summed E-state index contributed by atoms with van der Waals surface area (Å²) >= 11 is 0. The van der Waals surface area contributed by atoms with Crippen LogP contribution in [0.3, 0.4) is 0 Å². The lowest BCUT2D eigenvalue weighted by molar-refractivity contribution is 0.0695. The number of hydrogen-bond acceptors (Lipinski definition) is 5.